The van der Waals surface area contributed by atoms with Crippen LogP contribution in [-0.2, 0) is 14.4 Å². The molecule has 33 heavy (non-hydrogen) atoms. The highest BCUT2D eigenvalue weighted by molar-refractivity contribution is 5.76. The van der Waals surface area contributed by atoms with Crippen LogP contribution in [0, 0.1) is 0 Å². The lowest BCUT2D eigenvalue weighted by Gasteiger charge is -2.49. The van der Waals surface area contributed by atoms with E-state index in [2.05, 4.69) is 19.1 Å². The Morgan fingerprint density at radius 3 is 1.39 bits per heavy atom. The van der Waals surface area contributed by atoms with Gasteiger partial charge in [-0.2, -0.15) is 0 Å². The standard InChI is InChI=1S/C26H47NO6/c1-5-6-7-8-9-10-11-12-13-14-15-16-17-18-19-20-27(21(2)24(28)29,22(3)25(30)31)23(4)26(32)33/h5-6,21-23H,7-20H2,1-4H3,(H2-,28,29,30,31,32,33)/b6-5+. The Labute approximate surface area is 200 Å². The smallest absolute Gasteiger partial charge is 0.362 e. The third-order valence-corrected chi connectivity index (χ3v) is 7.12. The number of nitrogens with zero attached hydrogens (tertiary/aromatic N) is 1. The Morgan fingerprint density at radius 1 is 0.697 bits per heavy atom. The fraction of sp³-hybridized carbons (Fsp3) is 0.808. The summed E-state index contributed by atoms with van der Waals surface area (Å²) in [5.41, 5.74) is 0. The predicted octanol–water partition coefficient (Wildman–Crippen LogP) is 4.54. The van der Waals surface area contributed by atoms with Gasteiger partial charge in [0.25, 0.3) is 0 Å². The first-order chi connectivity index (χ1) is 15.6. The second-order valence-corrected chi connectivity index (χ2v) is 9.34. The molecule has 192 valence electrons. The summed E-state index contributed by atoms with van der Waals surface area (Å²) in [6, 6.07) is -3.55. The lowest BCUT2D eigenvalue weighted by atomic mass is 10.00. The Morgan fingerprint density at radius 2 is 1.06 bits per heavy atom. The number of aliphatic carboxylic acids is 3. The van der Waals surface area contributed by atoms with E-state index in [0.717, 1.165) is 25.7 Å². The van der Waals surface area contributed by atoms with Crippen molar-refractivity contribution in [1.82, 2.24) is 0 Å². The summed E-state index contributed by atoms with van der Waals surface area (Å²) >= 11 is 0. The van der Waals surface area contributed by atoms with Crippen LogP contribution in [0.3, 0.4) is 0 Å². The van der Waals surface area contributed by atoms with E-state index in [1.54, 1.807) is 0 Å². The van der Waals surface area contributed by atoms with Gasteiger partial charge >= 0.3 is 11.9 Å². The molecule has 2 N–H and O–H groups in total. The van der Waals surface area contributed by atoms with E-state index in [1.165, 1.54) is 72.1 Å². The number of quaternary nitrogens is 1. The molecule has 3 unspecified atom stereocenters. The van der Waals surface area contributed by atoms with Crippen LogP contribution in [0.2, 0.25) is 0 Å². The van der Waals surface area contributed by atoms with Gasteiger partial charge in [0.15, 0.2) is 12.1 Å². The van der Waals surface area contributed by atoms with Gasteiger partial charge in [0.1, 0.15) is 6.04 Å². The summed E-state index contributed by atoms with van der Waals surface area (Å²) in [5.74, 6) is -3.82. The van der Waals surface area contributed by atoms with E-state index in [-0.39, 0.29) is 6.54 Å². The normalized spacial score (nSPS) is 16.2. The van der Waals surface area contributed by atoms with Crippen LogP contribution in [-0.4, -0.2) is 57.3 Å². The molecule has 0 rings (SSSR count). The quantitative estimate of drug-likeness (QED) is 0.145. The van der Waals surface area contributed by atoms with Gasteiger partial charge in [-0.3, -0.25) is 4.48 Å². The molecule has 0 amide bonds. The number of allylic oxidation sites excluding steroid dienone is 2. The highest BCUT2D eigenvalue weighted by Crippen LogP contribution is 2.27. The van der Waals surface area contributed by atoms with Gasteiger partial charge in [-0.1, -0.05) is 69.9 Å². The van der Waals surface area contributed by atoms with Crippen LogP contribution in [0.5, 0.6) is 0 Å². The van der Waals surface area contributed by atoms with E-state index in [9.17, 15) is 29.7 Å². The fourth-order valence-electron chi connectivity index (χ4n) is 4.78. The second-order valence-electron chi connectivity index (χ2n) is 9.34. The molecule has 0 spiro atoms. The van der Waals surface area contributed by atoms with Gasteiger partial charge in [-0.25, -0.2) is 9.59 Å². The van der Waals surface area contributed by atoms with Gasteiger partial charge in [0.05, 0.1) is 12.5 Å². The summed E-state index contributed by atoms with van der Waals surface area (Å²) in [4.78, 5) is 35.1. The minimum atomic E-state index is -1.42. The van der Waals surface area contributed by atoms with Crippen molar-refractivity contribution in [1.29, 1.82) is 0 Å². The van der Waals surface area contributed by atoms with E-state index >= 15 is 0 Å². The lowest BCUT2D eigenvalue weighted by molar-refractivity contribution is -0.969. The zero-order chi connectivity index (χ0) is 25.3. The summed E-state index contributed by atoms with van der Waals surface area (Å²) in [6.07, 6.45) is 19.1. The molecule has 0 aliphatic rings. The number of unbranched alkanes of at least 4 members (excludes halogenated alkanes) is 12. The lowest BCUT2D eigenvalue weighted by Crippen LogP contribution is -2.72. The van der Waals surface area contributed by atoms with E-state index in [0.29, 0.717) is 6.42 Å². The highest BCUT2D eigenvalue weighted by Gasteiger charge is 2.50. The Kier molecular flexibility index (Phi) is 16.6. The van der Waals surface area contributed by atoms with Crippen molar-refractivity contribution in [3.05, 3.63) is 12.2 Å². The van der Waals surface area contributed by atoms with E-state index in [1.807, 2.05) is 0 Å². The van der Waals surface area contributed by atoms with Crippen molar-refractivity contribution in [3.8, 4) is 0 Å². The number of carboxylic acids is 3. The number of carboxylic acid groups (broad SMARTS) is 3. The average Bonchev–Trinajstić information content (AvgIpc) is 2.77. The van der Waals surface area contributed by atoms with Crippen molar-refractivity contribution >= 4 is 17.9 Å². The third kappa shape index (κ3) is 11.2. The van der Waals surface area contributed by atoms with E-state index in [4.69, 9.17) is 0 Å². The maximum atomic E-state index is 11.7. The van der Waals surface area contributed by atoms with Crippen molar-refractivity contribution < 1.29 is 34.2 Å². The number of hydrogen-bond acceptors (Lipinski definition) is 4. The number of rotatable bonds is 21. The molecule has 0 aromatic carbocycles. The van der Waals surface area contributed by atoms with Crippen LogP contribution in [0.25, 0.3) is 0 Å². The van der Waals surface area contributed by atoms with Gasteiger partial charge in [-0.05, 0) is 53.4 Å². The Hall–Kier alpha value is -1.89. The van der Waals surface area contributed by atoms with Gasteiger partial charge in [0, 0.05) is 0 Å². The average molecular weight is 470 g/mol. The molecule has 0 radical (unpaired) electrons. The molecule has 0 saturated heterocycles. The SMILES string of the molecule is C/C=C/CCCCCCCCCCCCCC[N+](C(C)C(=O)[O-])(C(C)C(=O)O)C(C)C(=O)O. The molecule has 0 aromatic heterocycles. The number of carbonyl (C=O) groups excluding carboxylic acids is 1. The fourth-order valence-corrected chi connectivity index (χ4v) is 4.78. The molecule has 7 nitrogen and oxygen atoms in total. The Balaban J connectivity index is 4.39. The molecular formula is C26H47NO6. The maximum absolute atomic E-state index is 11.7. The van der Waals surface area contributed by atoms with Crippen molar-refractivity contribution in [2.24, 2.45) is 0 Å². The number of carbonyl (C=O) groups is 3. The maximum Gasteiger partial charge on any atom is 0.362 e. The molecule has 0 aromatic rings. The van der Waals surface area contributed by atoms with Crippen molar-refractivity contribution in [2.45, 2.75) is 129 Å². The third-order valence-electron chi connectivity index (χ3n) is 7.12. The molecule has 0 heterocycles. The number of hydrogen-bond donors (Lipinski definition) is 2. The molecule has 0 aliphatic heterocycles. The molecule has 7 heteroatoms. The van der Waals surface area contributed by atoms with Crippen molar-refractivity contribution in [2.75, 3.05) is 6.54 Å². The van der Waals surface area contributed by atoms with Gasteiger partial charge < -0.3 is 20.1 Å². The zero-order valence-corrected chi connectivity index (χ0v) is 21.3. The molecule has 0 fully saturated rings. The highest BCUT2D eigenvalue weighted by atomic mass is 16.4. The van der Waals surface area contributed by atoms with Crippen LogP contribution in [0.15, 0.2) is 12.2 Å². The first-order valence-electron chi connectivity index (χ1n) is 12.8. The minimum Gasteiger partial charge on any atom is -0.544 e. The van der Waals surface area contributed by atoms with Crippen LogP contribution in [0.1, 0.15) is 111 Å². The van der Waals surface area contributed by atoms with Crippen LogP contribution >= 0.6 is 0 Å². The summed E-state index contributed by atoms with van der Waals surface area (Å²) < 4.78 is -0.540. The molecule has 0 saturated carbocycles. The Bertz CT molecular complexity index is 553. The van der Waals surface area contributed by atoms with Crippen LogP contribution < -0.4 is 5.11 Å². The zero-order valence-electron chi connectivity index (χ0n) is 21.3. The summed E-state index contributed by atoms with van der Waals surface area (Å²) in [6.45, 7) is 6.39. The van der Waals surface area contributed by atoms with Gasteiger partial charge in [0.2, 0.25) is 0 Å². The monoisotopic (exact) mass is 469 g/mol. The van der Waals surface area contributed by atoms with Crippen molar-refractivity contribution in [3.63, 3.8) is 0 Å². The largest absolute Gasteiger partial charge is 0.544 e. The molecule has 3 atom stereocenters. The second kappa shape index (κ2) is 17.6. The first kappa shape index (κ1) is 31.1. The van der Waals surface area contributed by atoms with Crippen LogP contribution in [0.4, 0.5) is 0 Å². The predicted molar refractivity (Wildman–Crippen MR) is 129 cm³/mol. The molecular weight excluding hydrogens is 422 g/mol. The van der Waals surface area contributed by atoms with E-state index < -0.39 is 40.5 Å². The minimum absolute atomic E-state index is 0.185. The first-order valence-corrected chi connectivity index (χ1v) is 12.8. The molecule has 0 aliphatic carbocycles. The molecule has 0 bridgehead atoms. The summed E-state index contributed by atoms with van der Waals surface area (Å²) in [7, 11) is 0. The topological polar surface area (TPSA) is 115 Å². The van der Waals surface area contributed by atoms with Gasteiger partial charge in [-0.15, -0.1) is 0 Å². The summed E-state index contributed by atoms with van der Waals surface area (Å²) in [5, 5.41) is 30.8.